The van der Waals surface area contributed by atoms with Gasteiger partial charge in [-0.15, -0.1) is 0 Å². The molecule has 24 heavy (non-hydrogen) atoms. The van der Waals surface area contributed by atoms with Crippen molar-refractivity contribution in [1.29, 1.82) is 0 Å². The molecule has 1 aliphatic rings. The molecule has 0 saturated heterocycles. The van der Waals surface area contributed by atoms with Crippen LogP contribution in [0.3, 0.4) is 0 Å². The number of hydrogen-bond donors (Lipinski definition) is 0. The first kappa shape index (κ1) is 16.7. The third-order valence-corrected chi connectivity index (χ3v) is 5.17. The van der Waals surface area contributed by atoms with E-state index in [9.17, 15) is 5.11 Å². The van der Waals surface area contributed by atoms with E-state index in [0.29, 0.717) is 11.8 Å². The minimum Gasteiger partial charge on any atom is -0.870 e. The van der Waals surface area contributed by atoms with Gasteiger partial charge in [0.05, 0.1) is 34.9 Å². The summed E-state index contributed by atoms with van der Waals surface area (Å²) in [5.41, 5.74) is 3.77. The van der Waals surface area contributed by atoms with Crippen molar-refractivity contribution in [3.63, 3.8) is 0 Å². The second-order valence-corrected chi connectivity index (χ2v) is 7.02. The van der Waals surface area contributed by atoms with Crippen LogP contribution in [-0.4, -0.2) is 39.3 Å². The Bertz CT molecular complexity index is 740. The number of fused-ring (bicyclic) bond motifs is 1. The first-order valence-corrected chi connectivity index (χ1v) is 8.28. The topological polar surface area (TPSA) is 41.5 Å². The summed E-state index contributed by atoms with van der Waals surface area (Å²) in [6.07, 6.45) is 1.89. The average molecular weight is 327 g/mol. The number of hydrogen-bond acceptors (Lipinski definition) is 3. The second kappa shape index (κ2) is 6.36. The van der Waals surface area contributed by atoms with Gasteiger partial charge in [-0.05, 0) is 35.4 Å². The molecule has 0 spiro atoms. The van der Waals surface area contributed by atoms with Crippen LogP contribution >= 0.6 is 0 Å². The molecular weight excluding hydrogens is 302 g/mol. The molecule has 2 aromatic carbocycles. The molecule has 0 unspecified atom stereocenters. The van der Waals surface area contributed by atoms with E-state index in [1.807, 2.05) is 12.1 Å². The van der Waals surface area contributed by atoms with Gasteiger partial charge in [0.25, 0.3) is 0 Å². The van der Waals surface area contributed by atoms with E-state index in [1.54, 1.807) is 19.2 Å². The summed E-state index contributed by atoms with van der Waals surface area (Å²) in [5.74, 6) is 1.26. The molecule has 0 saturated carbocycles. The van der Waals surface area contributed by atoms with Gasteiger partial charge in [0, 0.05) is 18.4 Å². The minimum absolute atomic E-state index is 0.0499. The molecule has 2 aromatic rings. The maximum absolute atomic E-state index is 12.1. The lowest BCUT2D eigenvalue weighted by Crippen LogP contribution is -2.48. The van der Waals surface area contributed by atoms with Gasteiger partial charge < -0.3 is 19.1 Å². The van der Waals surface area contributed by atoms with E-state index < -0.39 is 0 Å². The third-order valence-electron chi connectivity index (χ3n) is 5.17. The molecule has 0 amide bonds. The molecule has 0 fully saturated rings. The molecule has 3 rings (SSSR count). The van der Waals surface area contributed by atoms with Crippen LogP contribution in [0.5, 0.6) is 17.2 Å². The Hall–Kier alpha value is -2.20. The molecule has 1 heterocycles. The molecule has 1 aliphatic heterocycles. The summed E-state index contributed by atoms with van der Waals surface area (Å²) < 4.78 is 11.4. The average Bonchev–Trinajstić information content (AvgIpc) is 2.57. The number of methoxy groups -OCH3 is 2. The van der Waals surface area contributed by atoms with Crippen molar-refractivity contribution in [3.8, 4) is 17.2 Å². The number of likely N-dealkylation sites (N-methyl/N-ethyl adjacent to an activating group) is 1. The molecule has 1 atom stereocenters. The van der Waals surface area contributed by atoms with Gasteiger partial charge in [0.15, 0.2) is 0 Å². The highest BCUT2D eigenvalue weighted by atomic mass is 16.5. The zero-order chi connectivity index (χ0) is 17.3. The standard InChI is InChI=1S/C20H25NO3/c1-21(2)10-9-15-13-16(23-3)6-7-17(15)18(21)11-14-5-8-20(24-4)19(22)12-14/h5-8,12-13,18H,9-11H2,1-4H3/t18-/m1/s1. The van der Waals surface area contributed by atoms with Crippen molar-refractivity contribution in [3.05, 3.63) is 53.1 Å². The summed E-state index contributed by atoms with van der Waals surface area (Å²) >= 11 is 0. The second-order valence-electron chi connectivity index (χ2n) is 7.02. The van der Waals surface area contributed by atoms with Gasteiger partial charge >= 0.3 is 0 Å². The first-order chi connectivity index (χ1) is 11.4. The van der Waals surface area contributed by atoms with Crippen LogP contribution in [0.1, 0.15) is 22.7 Å². The minimum atomic E-state index is -0.0499. The number of benzene rings is 2. The Morgan fingerprint density at radius 1 is 1.08 bits per heavy atom. The summed E-state index contributed by atoms with van der Waals surface area (Å²) in [6.45, 7) is 1.07. The van der Waals surface area contributed by atoms with Crippen molar-refractivity contribution in [2.24, 2.45) is 0 Å². The van der Waals surface area contributed by atoms with Gasteiger partial charge in [0.1, 0.15) is 17.5 Å². The lowest BCUT2D eigenvalue weighted by Gasteiger charge is -2.43. The third kappa shape index (κ3) is 3.06. The molecule has 0 aromatic heterocycles. The molecule has 4 heteroatoms. The van der Waals surface area contributed by atoms with E-state index in [2.05, 4.69) is 26.2 Å². The Kier molecular flexibility index (Phi) is 4.41. The SMILES string of the molecule is COc1ccc2c(c1)CC[N+](C)(C)[C@@H]2Cc1ccc(OC)c([O-])c1. The van der Waals surface area contributed by atoms with Crippen LogP contribution in [0.25, 0.3) is 0 Å². The van der Waals surface area contributed by atoms with E-state index in [1.165, 1.54) is 18.2 Å². The van der Waals surface area contributed by atoms with Gasteiger partial charge in [-0.3, -0.25) is 0 Å². The summed E-state index contributed by atoms with van der Waals surface area (Å²) in [6, 6.07) is 12.2. The fourth-order valence-corrected chi connectivity index (χ4v) is 3.62. The van der Waals surface area contributed by atoms with Crippen molar-refractivity contribution in [2.45, 2.75) is 18.9 Å². The fourth-order valence-electron chi connectivity index (χ4n) is 3.62. The number of quaternary nitrogens is 1. The summed E-state index contributed by atoms with van der Waals surface area (Å²) in [7, 11) is 7.76. The van der Waals surface area contributed by atoms with E-state index >= 15 is 0 Å². The molecule has 0 bridgehead atoms. The van der Waals surface area contributed by atoms with Gasteiger partial charge in [-0.2, -0.15) is 0 Å². The highest BCUT2D eigenvalue weighted by molar-refractivity contribution is 5.42. The maximum atomic E-state index is 12.1. The van der Waals surface area contributed by atoms with Gasteiger partial charge in [0.2, 0.25) is 0 Å². The zero-order valence-electron chi connectivity index (χ0n) is 14.8. The first-order valence-electron chi connectivity index (χ1n) is 8.28. The normalized spacial score (nSPS) is 18.8. The summed E-state index contributed by atoms with van der Waals surface area (Å²) in [5, 5.41) is 12.1. The lowest BCUT2D eigenvalue weighted by atomic mass is 9.87. The number of rotatable bonds is 4. The smallest absolute Gasteiger partial charge is 0.119 e. The number of ether oxygens (including phenoxy) is 2. The van der Waals surface area contributed by atoms with Crippen LogP contribution in [0.4, 0.5) is 0 Å². The highest BCUT2D eigenvalue weighted by Gasteiger charge is 2.35. The van der Waals surface area contributed by atoms with Crippen molar-refractivity contribution < 1.29 is 19.1 Å². The highest BCUT2D eigenvalue weighted by Crippen LogP contribution is 2.38. The maximum Gasteiger partial charge on any atom is 0.119 e. The Morgan fingerprint density at radius 2 is 1.88 bits per heavy atom. The molecule has 128 valence electrons. The van der Waals surface area contributed by atoms with E-state index in [4.69, 9.17) is 9.47 Å². The van der Waals surface area contributed by atoms with Crippen molar-refractivity contribution in [1.82, 2.24) is 0 Å². The quantitative estimate of drug-likeness (QED) is 0.811. The largest absolute Gasteiger partial charge is 0.870 e. The van der Waals surface area contributed by atoms with Crippen molar-refractivity contribution >= 4 is 0 Å². The monoisotopic (exact) mass is 327 g/mol. The van der Waals surface area contributed by atoms with Crippen LogP contribution in [0.2, 0.25) is 0 Å². The molecule has 0 radical (unpaired) electrons. The molecular formula is C20H25NO3. The van der Waals surface area contributed by atoms with Gasteiger partial charge in [-0.25, -0.2) is 0 Å². The zero-order valence-corrected chi connectivity index (χ0v) is 14.8. The Balaban J connectivity index is 1.95. The van der Waals surface area contributed by atoms with Crippen molar-refractivity contribution in [2.75, 3.05) is 34.9 Å². The van der Waals surface area contributed by atoms with Crippen LogP contribution in [-0.2, 0) is 12.8 Å². The van der Waals surface area contributed by atoms with E-state index in [0.717, 1.165) is 35.2 Å². The molecule has 0 N–H and O–H groups in total. The predicted molar refractivity (Wildman–Crippen MR) is 92.6 cm³/mol. The number of nitrogens with zero attached hydrogens (tertiary/aromatic N) is 1. The van der Waals surface area contributed by atoms with Crippen LogP contribution in [0, 0.1) is 0 Å². The Morgan fingerprint density at radius 3 is 2.54 bits per heavy atom. The van der Waals surface area contributed by atoms with Crippen LogP contribution < -0.4 is 14.6 Å². The summed E-state index contributed by atoms with van der Waals surface area (Å²) in [4.78, 5) is 0. The van der Waals surface area contributed by atoms with E-state index in [-0.39, 0.29) is 5.75 Å². The molecule has 4 nitrogen and oxygen atoms in total. The van der Waals surface area contributed by atoms with Crippen LogP contribution in [0.15, 0.2) is 36.4 Å². The fraction of sp³-hybridized carbons (Fsp3) is 0.400. The lowest BCUT2D eigenvalue weighted by molar-refractivity contribution is -0.923. The van der Waals surface area contributed by atoms with Gasteiger partial charge in [-0.1, -0.05) is 17.9 Å². The Labute approximate surface area is 143 Å². The predicted octanol–water partition coefficient (Wildman–Crippen LogP) is 2.69. The molecule has 0 aliphatic carbocycles.